The fourth-order valence-electron chi connectivity index (χ4n) is 3.18. The van der Waals surface area contributed by atoms with Crippen LogP contribution in [-0.2, 0) is 0 Å². The zero-order chi connectivity index (χ0) is 20.8. The lowest BCUT2D eigenvalue weighted by Crippen LogP contribution is -2.44. The van der Waals surface area contributed by atoms with Crippen molar-refractivity contribution in [1.82, 2.24) is 14.3 Å². The molecule has 0 amide bonds. The van der Waals surface area contributed by atoms with Crippen molar-refractivity contribution in [2.45, 2.75) is 24.8 Å². The van der Waals surface area contributed by atoms with Crippen molar-refractivity contribution in [3.8, 4) is 5.69 Å². The third-order valence-electron chi connectivity index (χ3n) is 4.48. The van der Waals surface area contributed by atoms with Gasteiger partial charge in [-0.25, -0.2) is 14.6 Å². The van der Waals surface area contributed by atoms with Gasteiger partial charge in [-0.2, -0.15) is 4.57 Å². The summed E-state index contributed by atoms with van der Waals surface area (Å²) >= 11 is 12.9. The summed E-state index contributed by atoms with van der Waals surface area (Å²) in [6.07, 6.45) is -0.658. The van der Waals surface area contributed by atoms with Crippen molar-refractivity contribution in [3.05, 3.63) is 80.7 Å². The Morgan fingerprint density at radius 1 is 1.10 bits per heavy atom. The molecule has 4 rings (SSSR count). The molecule has 10 heteroatoms. The van der Waals surface area contributed by atoms with Crippen molar-refractivity contribution >= 4 is 45.6 Å². The third kappa shape index (κ3) is 3.61. The van der Waals surface area contributed by atoms with Gasteiger partial charge in [0.05, 0.1) is 16.1 Å². The molecule has 1 fully saturated rings. The number of para-hydroxylation sites is 1. The smallest absolute Gasteiger partial charge is 0.314 e. The average molecular weight is 449 g/mol. The van der Waals surface area contributed by atoms with Crippen LogP contribution >= 0.6 is 35.6 Å². The van der Waals surface area contributed by atoms with E-state index in [9.17, 15) is 9.59 Å². The van der Waals surface area contributed by atoms with Crippen molar-refractivity contribution in [2.75, 3.05) is 5.43 Å². The average Bonchev–Trinajstić information content (AvgIpc) is 3.08. The number of hydrazine groups is 1. The molecule has 2 heterocycles. The first kappa shape index (κ1) is 19.8. The molecule has 1 atom stereocenters. The molecule has 1 unspecified atom stereocenters. The molecular formula is C19H17ClN4O3S2. The van der Waals surface area contributed by atoms with Crippen molar-refractivity contribution in [1.29, 1.82) is 0 Å². The summed E-state index contributed by atoms with van der Waals surface area (Å²) in [4.78, 5) is 25.7. The van der Waals surface area contributed by atoms with Crippen LogP contribution in [0.25, 0.3) is 5.69 Å². The number of nitrogens with one attached hydrogen (secondary N) is 1. The molecule has 1 aliphatic rings. The van der Waals surface area contributed by atoms with Crippen LogP contribution < -0.4 is 16.9 Å². The molecule has 1 saturated heterocycles. The molecule has 1 aromatic heterocycles. The Kier molecular flexibility index (Phi) is 5.05. The summed E-state index contributed by atoms with van der Waals surface area (Å²) in [6, 6.07) is 15.8. The number of benzene rings is 2. The van der Waals surface area contributed by atoms with E-state index >= 15 is 0 Å². The van der Waals surface area contributed by atoms with E-state index in [1.165, 1.54) is 11.8 Å². The Morgan fingerprint density at radius 2 is 1.76 bits per heavy atom. The number of thioether (sulfide) groups is 1. The fraction of sp³-hybridized carbons (Fsp3) is 0.211. The second-order valence-electron chi connectivity index (χ2n) is 6.97. The predicted octanol–water partition coefficient (Wildman–Crippen LogP) is 3.88. The number of anilines is 1. The molecule has 3 aromatic rings. The molecule has 0 bridgehead atoms. The molecule has 7 nitrogen and oxygen atoms in total. The summed E-state index contributed by atoms with van der Waals surface area (Å²) in [5, 5.41) is 2.17. The maximum atomic E-state index is 13.1. The highest BCUT2D eigenvalue weighted by molar-refractivity contribution is 8.24. The number of rotatable bonds is 4. The SMILES string of the molecule is CC1(C)SC(=S)N(Nc2ccccc2)C1n1oc(=O)n(-c2ccc(Cl)cc2)c1=O. The Morgan fingerprint density at radius 3 is 2.41 bits per heavy atom. The van der Waals surface area contributed by atoms with Gasteiger partial charge in [-0.3, -0.25) is 5.43 Å². The maximum absolute atomic E-state index is 13.1. The Balaban J connectivity index is 1.80. The molecule has 0 radical (unpaired) electrons. The fourth-order valence-corrected chi connectivity index (χ4v) is 5.10. The minimum absolute atomic E-state index is 0.375. The minimum atomic E-state index is -0.782. The van der Waals surface area contributed by atoms with E-state index in [0.717, 1.165) is 15.0 Å². The largest absolute Gasteiger partial charge is 0.447 e. The van der Waals surface area contributed by atoms with Crippen LogP contribution in [-0.4, -0.2) is 23.4 Å². The van der Waals surface area contributed by atoms with Gasteiger partial charge in [-0.1, -0.05) is 53.8 Å². The van der Waals surface area contributed by atoms with Gasteiger partial charge in [-0.15, -0.1) is 4.74 Å². The first-order valence-corrected chi connectivity index (χ1v) is 10.3. The predicted molar refractivity (Wildman–Crippen MR) is 119 cm³/mol. The summed E-state index contributed by atoms with van der Waals surface area (Å²) < 4.78 is 7.43. The van der Waals surface area contributed by atoms with E-state index in [0.29, 0.717) is 15.0 Å². The third-order valence-corrected chi connectivity index (χ3v) is 6.29. The molecule has 1 aliphatic heterocycles. The lowest BCUT2D eigenvalue weighted by Gasteiger charge is -2.31. The van der Waals surface area contributed by atoms with Crippen LogP contribution in [0.4, 0.5) is 5.69 Å². The standard InChI is InChI=1S/C19H17ClN4O3S2/c1-19(2)15(23(18(28)29-19)21-13-6-4-3-5-7-13)24-16(25)22(17(26)27-24)14-10-8-12(20)9-11-14/h3-11,15,21H,1-2H3. The molecule has 2 aromatic carbocycles. The van der Waals surface area contributed by atoms with E-state index in [4.69, 9.17) is 28.3 Å². The van der Waals surface area contributed by atoms with Gasteiger partial charge >= 0.3 is 11.4 Å². The van der Waals surface area contributed by atoms with Crippen LogP contribution in [0, 0.1) is 0 Å². The summed E-state index contributed by atoms with van der Waals surface area (Å²) in [5.41, 5.74) is 3.80. The molecule has 29 heavy (non-hydrogen) atoms. The quantitative estimate of drug-likeness (QED) is 0.607. The topological polar surface area (TPSA) is 72.4 Å². The van der Waals surface area contributed by atoms with Crippen molar-refractivity contribution in [2.24, 2.45) is 0 Å². The summed E-state index contributed by atoms with van der Waals surface area (Å²) in [6.45, 7) is 3.88. The van der Waals surface area contributed by atoms with E-state index in [1.54, 1.807) is 29.3 Å². The monoisotopic (exact) mass is 448 g/mol. The van der Waals surface area contributed by atoms with E-state index in [-0.39, 0.29) is 0 Å². The van der Waals surface area contributed by atoms with Gasteiger partial charge in [0.15, 0.2) is 10.5 Å². The van der Waals surface area contributed by atoms with Gasteiger partial charge in [0.2, 0.25) is 0 Å². The zero-order valence-corrected chi connectivity index (χ0v) is 17.9. The molecule has 150 valence electrons. The van der Waals surface area contributed by atoms with Gasteiger partial charge in [-0.05, 0) is 50.2 Å². The minimum Gasteiger partial charge on any atom is -0.314 e. The molecule has 1 N–H and O–H groups in total. The Bertz CT molecular complexity index is 1170. The van der Waals surface area contributed by atoms with Gasteiger partial charge < -0.3 is 4.52 Å². The number of thiocarbonyl (C=S) groups is 1. The Hall–Kier alpha value is -2.49. The summed E-state index contributed by atoms with van der Waals surface area (Å²) in [7, 11) is 0. The number of hydrogen-bond acceptors (Lipinski definition) is 6. The molecular weight excluding hydrogens is 432 g/mol. The summed E-state index contributed by atoms with van der Waals surface area (Å²) in [5.74, 6) is -0.782. The molecule has 0 spiro atoms. The highest BCUT2D eigenvalue weighted by Crippen LogP contribution is 2.46. The first-order chi connectivity index (χ1) is 13.8. The number of nitrogens with zero attached hydrogens (tertiary/aromatic N) is 3. The van der Waals surface area contributed by atoms with E-state index < -0.39 is 22.4 Å². The number of aromatic nitrogens is 2. The van der Waals surface area contributed by atoms with Gasteiger partial charge in [0.1, 0.15) is 0 Å². The van der Waals surface area contributed by atoms with Crippen LogP contribution in [0.5, 0.6) is 0 Å². The Labute approximate surface area is 180 Å². The van der Waals surface area contributed by atoms with Gasteiger partial charge in [0.25, 0.3) is 0 Å². The second-order valence-corrected chi connectivity index (χ2v) is 9.69. The van der Waals surface area contributed by atoms with Crippen LogP contribution in [0.15, 0.2) is 68.7 Å². The second kappa shape index (κ2) is 7.40. The first-order valence-electron chi connectivity index (χ1n) is 8.73. The highest BCUT2D eigenvalue weighted by Gasteiger charge is 2.49. The zero-order valence-electron chi connectivity index (χ0n) is 15.5. The highest BCUT2D eigenvalue weighted by atomic mass is 35.5. The van der Waals surface area contributed by atoms with Crippen LogP contribution in [0.3, 0.4) is 0 Å². The number of hydrogen-bond donors (Lipinski definition) is 1. The van der Waals surface area contributed by atoms with E-state index in [2.05, 4.69) is 5.43 Å². The maximum Gasteiger partial charge on any atom is 0.447 e. The van der Waals surface area contributed by atoms with Gasteiger partial charge in [0, 0.05) is 5.02 Å². The van der Waals surface area contributed by atoms with Crippen LogP contribution in [0.2, 0.25) is 5.02 Å². The van der Waals surface area contributed by atoms with Crippen LogP contribution in [0.1, 0.15) is 20.0 Å². The normalized spacial score (nSPS) is 18.2. The van der Waals surface area contributed by atoms with E-state index in [1.807, 2.05) is 44.2 Å². The molecule has 0 saturated carbocycles. The molecule has 0 aliphatic carbocycles. The lowest BCUT2D eigenvalue weighted by atomic mass is 10.1. The van der Waals surface area contributed by atoms with Crippen molar-refractivity contribution < 1.29 is 4.52 Å². The van der Waals surface area contributed by atoms with Crippen molar-refractivity contribution in [3.63, 3.8) is 0 Å². The lowest BCUT2D eigenvalue weighted by molar-refractivity contribution is 0.104. The number of halogens is 1.